The summed E-state index contributed by atoms with van der Waals surface area (Å²) in [5, 5.41) is 0.694. The van der Waals surface area contributed by atoms with E-state index < -0.39 is 0 Å². The quantitative estimate of drug-likeness (QED) is 0.634. The molecule has 30 heavy (non-hydrogen) atoms. The van der Waals surface area contributed by atoms with Crippen LogP contribution in [-0.4, -0.2) is 50.2 Å². The SMILES string of the molecule is Cn1c(CN2CCN(c3ccc4c(=O)n(CC5CC5)cnc4c3)CC2)ccnc1=O. The maximum Gasteiger partial charge on any atom is 0.347 e. The molecule has 3 heterocycles. The van der Waals surface area contributed by atoms with Crippen molar-refractivity contribution >= 4 is 16.6 Å². The number of nitrogens with zero attached hydrogens (tertiary/aromatic N) is 6. The van der Waals surface area contributed by atoms with E-state index in [1.165, 1.54) is 12.8 Å². The fraction of sp³-hybridized carbons (Fsp3) is 0.455. The van der Waals surface area contributed by atoms with E-state index in [4.69, 9.17) is 0 Å². The number of fused-ring (bicyclic) bond motifs is 1. The molecule has 0 unspecified atom stereocenters. The maximum absolute atomic E-state index is 12.7. The van der Waals surface area contributed by atoms with E-state index in [0.29, 0.717) is 11.3 Å². The van der Waals surface area contributed by atoms with E-state index in [1.807, 2.05) is 24.3 Å². The molecule has 0 radical (unpaired) electrons. The van der Waals surface area contributed by atoms with Crippen molar-refractivity contribution in [3.8, 4) is 0 Å². The highest BCUT2D eigenvalue weighted by Crippen LogP contribution is 2.30. The largest absolute Gasteiger partial charge is 0.369 e. The van der Waals surface area contributed by atoms with Crippen LogP contribution in [0.4, 0.5) is 5.69 Å². The van der Waals surface area contributed by atoms with Crippen LogP contribution in [0.1, 0.15) is 18.5 Å². The number of benzene rings is 1. The summed E-state index contributed by atoms with van der Waals surface area (Å²) in [5.41, 5.74) is 2.68. The van der Waals surface area contributed by atoms with Gasteiger partial charge in [-0.05, 0) is 43.0 Å². The van der Waals surface area contributed by atoms with Gasteiger partial charge >= 0.3 is 5.69 Å². The molecule has 1 aliphatic carbocycles. The van der Waals surface area contributed by atoms with Gasteiger partial charge in [0.2, 0.25) is 0 Å². The van der Waals surface area contributed by atoms with Gasteiger partial charge in [0.15, 0.2) is 0 Å². The average Bonchev–Trinajstić information content (AvgIpc) is 3.58. The van der Waals surface area contributed by atoms with Crippen molar-refractivity contribution < 1.29 is 0 Å². The fourth-order valence-electron chi connectivity index (χ4n) is 4.11. The van der Waals surface area contributed by atoms with Gasteiger partial charge in [-0.2, -0.15) is 0 Å². The minimum absolute atomic E-state index is 0.0613. The van der Waals surface area contributed by atoms with Crippen LogP contribution in [0.15, 0.2) is 46.4 Å². The van der Waals surface area contributed by atoms with Crippen LogP contribution in [0.25, 0.3) is 10.9 Å². The van der Waals surface area contributed by atoms with Gasteiger partial charge in [0.25, 0.3) is 5.56 Å². The summed E-state index contributed by atoms with van der Waals surface area (Å²) in [4.78, 5) is 37.5. The van der Waals surface area contributed by atoms with Gasteiger partial charge in [-0.3, -0.25) is 18.8 Å². The molecule has 5 rings (SSSR count). The Hall–Kier alpha value is -3.00. The second-order valence-corrected chi connectivity index (χ2v) is 8.39. The molecule has 1 aliphatic heterocycles. The molecular formula is C22H26N6O2. The molecule has 156 valence electrons. The molecule has 0 bridgehead atoms. The van der Waals surface area contributed by atoms with Crippen LogP contribution in [-0.2, 0) is 20.1 Å². The Morgan fingerprint density at radius 3 is 2.60 bits per heavy atom. The molecule has 0 atom stereocenters. The lowest BCUT2D eigenvalue weighted by molar-refractivity contribution is 0.243. The van der Waals surface area contributed by atoms with Gasteiger partial charge in [-0.1, -0.05) is 0 Å². The van der Waals surface area contributed by atoms with Crippen molar-refractivity contribution in [2.24, 2.45) is 13.0 Å². The molecule has 1 saturated heterocycles. The van der Waals surface area contributed by atoms with Gasteiger partial charge in [0.05, 0.1) is 17.2 Å². The van der Waals surface area contributed by atoms with Gasteiger partial charge in [0, 0.05) is 63.9 Å². The highest BCUT2D eigenvalue weighted by Gasteiger charge is 2.23. The average molecular weight is 406 g/mol. The number of hydrogen-bond donors (Lipinski definition) is 0. The summed E-state index contributed by atoms with van der Waals surface area (Å²) in [5.74, 6) is 0.645. The van der Waals surface area contributed by atoms with E-state index in [9.17, 15) is 9.59 Å². The molecule has 3 aromatic rings. The highest BCUT2D eigenvalue weighted by atomic mass is 16.1. The summed E-state index contributed by atoms with van der Waals surface area (Å²) in [6.45, 7) is 5.12. The summed E-state index contributed by atoms with van der Waals surface area (Å²) >= 11 is 0. The lowest BCUT2D eigenvalue weighted by Gasteiger charge is -2.36. The minimum Gasteiger partial charge on any atom is -0.369 e. The van der Waals surface area contributed by atoms with Crippen molar-refractivity contribution in [1.29, 1.82) is 0 Å². The van der Waals surface area contributed by atoms with Crippen molar-refractivity contribution in [2.75, 3.05) is 31.1 Å². The molecule has 0 amide bonds. The van der Waals surface area contributed by atoms with Crippen LogP contribution in [0, 0.1) is 5.92 Å². The van der Waals surface area contributed by atoms with E-state index in [2.05, 4.69) is 19.8 Å². The Morgan fingerprint density at radius 2 is 1.83 bits per heavy atom. The van der Waals surface area contributed by atoms with E-state index in [0.717, 1.165) is 56.2 Å². The monoisotopic (exact) mass is 406 g/mol. The zero-order valence-electron chi connectivity index (χ0n) is 17.2. The molecular weight excluding hydrogens is 380 g/mol. The lowest BCUT2D eigenvalue weighted by atomic mass is 10.2. The Bertz CT molecular complexity index is 1190. The predicted octanol–water partition coefficient (Wildman–Crippen LogP) is 1.22. The first-order valence-electron chi connectivity index (χ1n) is 10.6. The molecule has 2 aliphatic rings. The van der Waals surface area contributed by atoms with Gasteiger partial charge in [-0.25, -0.2) is 14.8 Å². The lowest BCUT2D eigenvalue weighted by Crippen LogP contribution is -2.46. The Labute approximate surface area is 174 Å². The van der Waals surface area contributed by atoms with E-state index in [-0.39, 0.29) is 11.2 Å². The molecule has 2 aromatic heterocycles. The van der Waals surface area contributed by atoms with Crippen molar-refractivity contribution in [1.82, 2.24) is 24.0 Å². The number of hydrogen-bond acceptors (Lipinski definition) is 6. The summed E-state index contributed by atoms with van der Waals surface area (Å²) < 4.78 is 3.36. The van der Waals surface area contributed by atoms with Crippen molar-refractivity contribution in [3.63, 3.8) is 0 Å². The number of piperazine rings is 1. The molecule has 0 spiro atoms. The Morgan fingerprint density at radius 1 is 1.03 bits per heavy atom. The summed E-state index contributed by atoms with van der Waals surface area (Å²) in [6.07, 6.45) is 5.71. The Kier molecular flexibility index (Phi) is 4.86. The van der Waals surface area contributed by atoms with E-state index >= 15 is 0 Å². The standard InChI is InChI=1S/C22H26N6O2/c1-25-18(6-7-23-22(25)30)14-26-8-10-27(11-9-26)17-4-5-19-20(12-17)24-15-28(21(19)29)13-16-2-3-16/h4-7,12,15-16H,2-3,8-11,13-14H2,1H3. The van der Waals surface area contributed by atoms with Crippen LogP contribution in [0.2, 0.25) is 0 Å². The third-order valence-corrected chi connectivity index (χ3v) is 6.25. The zero-order chi connectivity index (χ0) is 20.7. The summed E-state index contributed by atoms with van der Waals surface area (Å²) in [7, 11) is 1.77. The van der Waals surface area contributed by atoms with Crippen LogP contribution >= 0.6 is 0 Å². The second kappa shape index (κ2) is 7.68. The first kappa shape index (κ1) is 19.0. The highest BCUT2D eigenvalue weighted by molar-refractivity contribution is 5.81. The van der Waals surface area contributed by atoms with Gasteiger partial charge in [0.1, 0.15) is 0 Å². The third-order valence-electron chi connectivity index (χ3n) is 6.25. The molecule has 0 N–H and O–H groups in total. The topological polar surface area (TPSA) is 76.3 Å². The normalized spacial score (nSPS) is 17.6. The van der Waals surface area contributed by atoms with Crippen molar-refractivity contribution in [3.05, 3.63) is 63.3 Å². The zero-order valence-corrected chi connectivity index (χ0v) is 17.2. The van der Waals surface area contributed by atoms with Crippen LogP contribution in [0.5, 0.6) is 0 Å². The summed E-state index contributed by atoms with van der Waals surface area (Å²) in [6, 6.07) is 7.89. The smallest absolute Gasteiger partial charge is 0.347 e. The molecule has 8 nitrogen and oxygen atoms in total. The second-order valence-electron chi connectivity index (χ2n) is 8.39. The fourth-order valence-corrected chi connectivity index (χ4v) is 4.11. The van der Waals surface area contributed by atoms with E-state index in [1.54, 1.807) is 28.7 Å². The third kappa shape index (κ3) is 3.75. The molecule has 2 fully saturated rings. The van der Waals surface area contributed by atoms with Crippen molar-refractivity contribution in [2.45, 2.75) is 25.9 Å². The minimum atomic E-state index is -0.217. The maximum atomic E-state index is 12.7. The number of rotatable bonds is 5. The van der Waals surface area contributed by atoms with Gasteiger partial charge in [-0.15, -0.1) is 0 Å². The Balaban J connectivity index is 1.28. The first-order valence-corrected chi connectivity index (χ1v) is 10.6. The number of aromatic nitrogens is 4. The van der Waals surface area contributed by atoms with Crippen LogP contribution in [0.3, 0.4) is 0 Å². The number of anilines is 1. The van der Waals surface area contributed by atoms with Crippen LogP contribution < -0.4 is 16.1 Å². The van der Waals surface area contributed by atoms with Gasteiger partial charge < -0.3 is 4.90 Å². The predicted molar refractivity (Wildman–Crippen MR) is 116 cm³/mol. The molecule has 8 heteroatoms. The first-order chi connectivity index (χ1) is 14.6. The molecule has 1 aromatic carbocycles. The molecule has 1 saturated carbocycles.